The summed E-state index contributed by atoms with van der Waals surface area (Å²) in [4.78, 5) is 10.5. The second-order valence-corrected chi connectivity index (χ2v) is 5.43. The summed E-state index contributed by atoms with van der Waals surface area (Å²) in [5.41, 5.74) is 0.948. The third-order valence-corrected chi connectivity index (χ3v) is 3.36. The molecule has 0 aliphatic rings. The molecule has 0 bridgehead atoms. The molecule has 0 radical (unpaired) electrons. The van der Waals surface area contributed by atoms with Crippen LogP contribution >= 0.6 is 27.5 Å². The van der Waals surface area contributed by atoms with Gasteiger partial charge >= 0.3 is 0 Å². The average molecular weight is 319 g/mol. The molecular weight excluding hydrogens is 305 g/mol. The molecule has 0 N–H and O–H groups in total. The van der Waals surface area contributed by atoms with E-state index in [4.69, 9.17) is 11.6 Å². The highest BCUT2D eigenvalue weighted by atomic mass is 79.9. The smallest absolute Gasteiger partial charge is 0.247 e. The van der Waals surface area contributed by atoms with Crippen molar-refractivity contribution >= 4 is 33.6 Å². The number of allylic oxidation sites excluding steroid dienone is 1. The number of rotatable bonds is 4. The molecule has 1 rings (SSSR count). The van der Waals surface area contributed by atoms with Crippen LogP contribution in [0.25, 0.3) is 6.08 Å². The first kappa shape index (κ1) is 14.2. The van der Waals surface area contributed by atoms with Gasteiger partial charge in [0.15, 0.2) is 0 Å². The van der Waals surface area contributed by atoms with Gasteiger partial charge in [-0.25, -0.2) is 0 Å². The topological polar surface area (TPSA) is 43.1 Å². The lowest BCUT2D eigenvalue weighted by Gasteiger charge is -2.03. The molecule has 0 saturated carbocycles. The van der Waals surface area contributed by atoms with Crippen LogP contribution in [0.3, 0.4) is 0 Å². The molecule has 0 amide bonds. The minimum absolute atomic E-state index is 0.207. The quantitative estimate of drug-likeness (QED) is 0.593. The molecule has 0 fully saturated rings. The molecular formula is C12H13BrClNO2. The van der Waals surface area contributed by atoms with Crippen molar-refractivity contribution in [3.8, 4) is 0 Å². The van der Waals surface area contributed by atoms with Crippen LogP contribution in [0.1, 0.15) is 25.8 Å². The molecule has 0 heterocycles. The molecule has 0 aliphatic carbocycles. The Hall–Kier alpha value is -0.870. The first-order chi connectivity index (χ1) is 7.90. The maximum absolute atomic E-state index is 10.9. The summed E-state index contributed by atoms with van der Waals surface area (Å²) in [6, 6.07) is 5.27. The maximum Gasteiger partial charge on any atom is 0.247 e. The van der Waals surface area contributed by atoms with E-state index in [1.54, 1.807) is 24.3 Å². The highest BCUT2D eigenvalue weighted by Gasteiger charge is 2.13. The first-order valence-electron chi connectivity index (χ1n) is 5.20. The van der Waals surface area contributed by atoms with E-state index in [-0.39, 0.29) is 16.5 Å². The maximum atomic E-state index is 10.9. The zero-order valence-corrected chi connectivity index (χ0v) is 12.0. The molecule has 0 atom stereocenters. The predicted octanol–water partition coefficient (Wildman–Crippen LogP) is 4.77. The van der Waals surface area contributed by atoms with E-state index in [0.29, 0.717) is 11.4 Å². The third-order valence-electron chi connectivity index (χ3n) is 2.13. The van der Waals surface area contributed by atoms with Crippen molar-refractivity contribution in [1.29, 1.82) is 0 Å². The monoisotopic (exact) mass is 317 g/mol. The Morgan fingerprint density at radius 2 is 2.24 bits per heavy atom. The number of halogens is 2. The number of benzene rings is 1. The Bertz CT molecular complexity index is 458. The Morgan fingerprint density at radius 1 is 1.59 bits per heavy atom. The molecule has 1 aromatic rings. The fourth-order valence-electron chi connectivity index (χ4n) is 1.40. The minimum atomic E-state index is -0.337. The predicted molar refractivity (Wildman–Crippen MR) is 73.6 cm³/mol. The van der Waals surface area contributed by atoms with Gasteiger partial charge in [-0.2, -0.15) is 0 Å². The van der Waals surface area contributed by atoms with Gasteiger partial charge < -0.3 is 0 Å². The van der Waals surface area contributed by atoms with Gasteiger partial charge in [0.25, 0.3) is 0 Å². The fraction of sp³-hybridized carbons (Fsp3) is 0.333. The van der Waals surface area contributed by atoms with Gasteiger partial charge in [-0.3, -0.25) is 10.1 Å². The van der Waals surface area contributed by atoms with Crippen molar-refractivity contribution in [2.24, 2.45) is 5.92 Å². The lowest BCUT2D eigenvalue weighted by Crippen LogP contribution is -2.02. The first-order valence-corrected chi connectivity index (χ1v) is 6.37. The number of nitro groups is 1. The summed E-state index contributed by atoms with van der Waals surface area (Å²) in [7, 11) is 0. The normalized spacial score (nSPS) is 11.9. The Morgan fingerprint density at radius 3 is 2.71 bits per heavy atom. The third kappa shape index (κ3) is 4.48. The summed E-state index contributed by atoms with van der Waals surface area (Å²) in [5, 5.41) is 11.4. The SMILES string of the molecule is CC(C)C/C(=C/c1ccc(Br)c(Cl)c1)[N+](=O)[O-]. The summed E-state index contributed by atoms with van der Waals surface area (Å²) in [5.74, 6) is 0.248. The second kappa shape index (κ2) is 6.17. The van der Waals surface area contributed by atoms with Crippen LogP contribution in [0.5, 0.6) is 0 Å². The van der Waals surface area contributed by atoms with Crippen LogP contribution in [-0.4, -0.2) is 4.92 Å². The van der Waals surface area contributed by atoms with Crippen molar-refractivity contribution in [3.05, 3.63) is 49.1 Å². The van der Waals surface area contributed by atoms with Crippen LogP contribution in [-0.2, 0) is 0 Å². The number of nitrogens with zero attached hydrogens (tertiary/aromatic N) is 1. The van der Waals surface area contributed by atoms with E-state index >= 15 is 0 Å². The largest absolute Gasteiger partial charge is 0.259 e. The van der Waals surface area contributed by atoms with E-state index < -0.39 is 0 Å². The summed E-state index contributed by atoms with van der Waals surface area (Å²) in [6.45, 7) is 3.90. The van der Waals surface area contributed by atoms with Crippen molar-refractivity contribution in [1.82, 2.24) is 0 Å². The molecule has 5 heteroatoms. The van der Waals surface area contributed by atoms with Gasteiger partial charge in [0.2, 0.25) is 5.70 Å². The van der Waals surface area contributed by atoms with E-state index in [2.05, 4.69) is 15.9 Å². The molecule has 0 unspecified atom stereocenters. The minimum Gasteiger partial charge on any atom is -0.259 e. The molecule has 0 aliphatic heterocycles. The summed E-state index contributed by atoms with van der Waals surface area (Å²) >= 11 is 9.21. The standard InChI is InChI=1S/C12H13BrClNO2/c1-8(2)5-10(15(16)17)6-9-3-4-11(13)12(14)7-9/h3-4,6-8H,5H2,1-2H3/b10-6-. The highest BCUT2D eigenvalue weighted by molar-refractivity contribution is 9.10. The molecule has 3 nitrogen and oxygen atoms in total. The van der Waals surface area contributed by atoms with Gasteiger partial charge in [-0.05, 0) is 39.5 Å². The van der Waals surface area contributed by atoms with Crippen LogP contribution in [0.4, 0.5) is 0 Å². The lowest BCUT2D eigenvalue weighted by molar-refractivity contribution is -0.427. The summed E-state index contributed by atoms with van der Waals surface area (Å²) < 4.78 is 0.780. The lowest BCUT2D eigenvalue weighted by atomic mass is 10.1. The van der Waals surface area contributed by atoms with Gasteiger partial charge in [-0.1, -0.05) is 31.5 Å². The Kier molecular flexibility index (Phi) is 5.15. The Labute approximate surface area is 114 Å². The molecule has 0 aromatic heterocycles. The molecule has 92 valence electrons. The second-order valence-electron chi connectivity index (χ2n) is 4.16. The van der Waals surface area contributed by atoms with Crippen molar-refractivity contribution in [2.45, 2.75) is 20.3 Å². The molecule has 0 spiro atoms. The van der Waals surface area contributed by atoms with E-state index in [1.165, 1.54) is 0 Å². The highest BCUT2D eigenvalue weighted by Crippen LogP contribution is 2.25. The summed E-state index contributed by atoms with van der Waals surface area (Å²) in [6.07, 6.45) is 2.01. The van der Waals surface area contributed by atoms with Gasteiger partial charge in [0, 0.05) is 17.0 Å². The van der Waals surface area contributed by atoms with E-state index in [9.17, 15) is 10.1 Å². The average Bonchev–Trinajstić information content (AvgIpc) is 2.21. The Balaban J connectivity index is 3.04. The van der Waals surface area contributed by atoms with Gasteiger partial charge in [0.05, 0.1) is 9.95 Å². The van der Waals surface area contributed by atoms with Gasteiger partial charge in [-0.15, -0.1) is 0 Å². The van der Waals surface area contributed by atoms with E-state index in [0.717, 1.165) is 10.0 Å². The van der Waals surface area contributed by atoms with Crippen LogP contribution in [0.15, 0.2) is 28.4 Å². The van der Waals surface area contributed by atoms with Crippen LogP contribution < -0.4 is 0 Å². The van der Waals surface area contributed by atoms with Crippen molar-refractivity contribution in [2.75, 3.05) is 0 Å². The van der Waals surface area contributed by atoms with E-state index in [1.807, 2.05) is 13.8 Å². The van der Waals surface area contributed by atoms with Crippen molar-refractivity contribution in [3.63, 3.8) is 0 Å². The zero-order valence-electron chi connectivity index (χ0n) is 9.61. The molecule has 0 saturated heterocycles. The number of hydrogen-bond donors (Lipinski definition) is 0. The fourth-order valence-corrected chi connectivity index (χ4v) is 1.83. The number of hydrogen-bond acceptors (Lipinski definition) is 2. The van der Waals surface area contributed by atoms with Gasteiger partial charge in [0.1, 0.15) is 0 Å². The molecule has 17 heavy (non-hydrogen) atoms. The zero-order chi connectivity index (χ0) is 13.0. The van der Waals surface area contributed by atoms with Crippen molar-refractivity contribution < 1.29 is 4.92 Å². The van der Waals surface area contributed by atoms with Crippen LogP contribution in [0, 0.1) is 16.0 Å². The molecule has 1 aromatic carbocycles. The van der Waals surface area contributed by atoms with Crippen LogP contribution in [0.2, 0.25) is 5.02 Å².